The molecule has 0 aromatic heterocycles. The van der Waals surface area contributed by atoms with Gasteiger partial charge < -0.3 is 5.11 Å². The van der Waals surface area contributed by atoms with Crippen molar-refractivity contribution in [2.75, 3.05) is 0 Å². The van der Waals surface area contributed by atoms with Gasteiger partial charge in [-0.1, -0.05) is 19.3 Å². The van der Waals surface area contributed by atoms with Crippen LogP contribution in [-0.2, 0) is 10.1 Å². The Morgan fingerprint density at radius 3 is 2.28 bits per heavy atom. The summed E-state index contributed by atoms with van der Waals surface area (Å²) in [6.07, 6.45) is 5.31. The van der Waals surface area contributed by atoms with Crippen LogP contribution in [-0.4, -0.2) is 18.1 Å². The predicted molar refractivity (Wildman–Crippen MR) is 63.7 cm³/mol. The average molecular weight is 279 g/mol. The van der Waals surface area contributed by atoms with Gasteiger partial charge in [0, 0.05) is 0 Å². The van der Waals surface area contributed by atoms with E-state index in [-0.39, 0.29) is 46.1 Å². The molecule has 2 N–H and O–H groups in total. The van der Waals surface area contributed by atoms with Gasteiger partial charge in [-0.05, 0) is 42.5 Å². The van der Waals surface area contributed by atoms with Crippen LogP contribution in [0.3, 0.4) is 0 Å². The summed E-state index contributed by atoms with van der Waals surface area (Å²) in [7, 11) is -4.19. The van der Waals surface area contributed by atoms with E-state index >= 15 is 0 Å². The largest absolute Gasteiger partial charge is 1.00 e. The number of benzene rings is 1. The van der Waals surface area contributed by atoms with Crippen LogP contribution in [0.25, 0.3) is 0 Å². The average Bonchev–Trinajstić information content (AvgIpc) is 2.29. The molecule has 94 valence electrons. The quantitative estimate of drug-likeness (QED) is 0.575. The number of rotatable bonds is 2. The van der Waals surface area contributed by atoms with E-state index in [9.17, 15) is 13.5 Å². The molecule has 0 saturated heterocycles. The van der Waals surface area contributed by atoms with Gasteiger partial charge in [0.05, 0.1) is 4.90 Å². The van der Waals surface area contributed by atoms with Crippen LogP contribution < -0.4 is 29.6 Å². The summed E-state index contributed by atoms with van der Waals surface area (Å²) in [4.78, 5) is -0.143. The number of phenols is 1. The van der Waals surface area contributed by atoms with Crippen molar-refractivity contribution in [2.45, 2.75) is 42.9 Å². The molecule has 2 rings (SSSR count). The molecule has 0 spiro atoms. The molecule has 0 bridgehead atoms. The molecule has 1 aliphatic carbocycles. The summed E-state index contributed by atoms with van der Waals surface area (Å²) in [5.74, 6) is 0.315. The smallest absolute Gasteiger partial charge is 0.508 e. The van der Waals surface area contributed by atoms with Crippen LogP contribution in [0.4, 0.5) is 0 Å². The molecule has 0 radical (unpaired) electrons. The second-order valence-corrected chi connectivity index (χ2v) is 5.95. The maximum Gasteiger partial charge on any atom is 1.00 e. The standard InChI is InChI=1S/C12H16O4S.Na/c13-12-7-6-10(17(14,15)16)8-11(12)9-4-2-1-3-5-9;/h6-9,13H,1-5H2,(H,14,15,16);/q;+1. The minimum atomic E-state index is -4.19. The first kappa shape index (κ1) is 16.0. The minimum absolute atomic E-state index is 0. The Labute approximate surface area is 129 Å². The molecular weight excluding hydrogens is 263 g/mol. The Hall–Kier alpha value is -0.0700. The van der Waals surface area contributed by atoms with Crippen molar-refractivity contribution in [2.24, 2.45) is 0 Å². The monoisotopic (exact) mass is 279 g/mol. The van der Waals surface area contributed by atoms with Gasteiger partial charge in [0.25, 0.3) is 10.1 Å². The van der Waals surface area contributed by atoms with Gasteiger partial charge in [0.2, 0.25) is 0 Å². The zero-order valence-corrected chi connectivity index (χ0v) is 13.3. The van der Waals surface area contributed by atoms with E-state index in [1.807, 2.05) is 0 Å². The Balaban J connectivity index is 0.00000162. The van der Waals surface area contributed by atoms with Gasteiger partial charge in [0.1, 0.15) is 5.75 Å². The van der Waals surface area contributed by atoms with Crippen molar-refractivity contribution in [1.29, 1.82) is 0 Å². The van der Waals surface area contributed by atoms with Crippen molar-refractivity contribution in [1.82, 2.24) is 0 Å². The molecule has 0 unspecified atom stereocenters. The first-order valence-corrected chi connectivity index (χ1v) is 7.23. The summed E-state index contributed by atoms with van der Waals surface area (Å²) in [6.45, 7) is 0. The van der Waals surface area contributed by atoms with E-state index < -0.39 is 10.1 Å². The van der Waals surface area contributed by atoms with Crippen LogP contribution >= 0.6 is 0 Å². The van der Waals surface area contributed by atoms with Gasteiger partial charge in [0.15, 0.2) is 0 Å². The predicted octanol–water partition coefficient (Wildman–Crippen LogP) is -0.309. The van der Waals surface area contributed by atoms with E-state index in [0.29, 0.717) is 5.56 Å². The van der Waals surface area contributed by atoms with Crippen molar-refractivity contribution < 1.29 is 47.6 Å². The molecule has 1 aromatic rings. The van der Waals surface area contributed by atoms with E-state index in [2.05, 4.69) is 0 Å². The van der Waals surface area contributed by atoms with Crippen molar-refractivity contribution in [3.63, 3.8) is 0 Å². The Morgan fingerprint density at radius 2 is 1.72 bits per heavy atom. The van der Waals surface area contributed by atoms with Crippen LogP contribution in [0.5, 0.6) is 5.75 Å². The topological polar surface area (TPSA) is 74.6 Å². The van der Waals surface area contributed by atoms with Crippen molar-refractivity contribution >= 4 is 10.1 Å². The van der Waals surface area contributed by atoms with Crippen molar-refractivity contribution in [3.8, 4) is 5.75 Å². The van der Waals surface area contributed by atoms with Crippen LogP contribution in [0, 0.1) is 0 Å². The van der Waals surface area contributed by atoms with E-state index in [1.54, 1.807) is 0 Å². The number of hydrogen-bond donors (Lipinski definition) is 2. The number of phenolic OH excluding ortho intramolecular Hbond substituents is 1. The third-order valence-electron chi connectivity index (χ3n) is 3.34. The van der Waals surface area contributed by atoms with Gasteiger partial charge in [-0.3, -0.25) is 4.55 Å². The molecule has 18 heavy (non-hydrogen) atoms. The Kier molecular flexibility index (Phi) is 5.67. The molecule has 0 heterocycles. The Bertz CT molecular complexity index is 507. The fraction of sp³-hybridized carbons (Fsp3) is 0.500. The van der Waals surface area contributed by atoms with Gasteiger partial charge in [-0.2, -0.15) is 8.42 Å². The molecule has 4 nitrogen and oxygen atoms in total. The SMILES string of the molecule is O=S(=O)(O)c1ccc(O)c(C2CCCCC2)c1.[Na+]. The third kappa shape index (κ3) is 3.71. The maximum atomic E-state index is 11.1. The van der Waals surface area contributed by atoms with Crippen LogP contribution in [0.2, 0.25) is 0 Å². The summed E-state index contributed by atoms with van der Waals surface area (Å²) >= 11 is 0. The second kappa shape index (κ2) is 6.39. The molecule has 1 aromatic carbocycles. The third-order valence-corrected chi connectivity index (χ3v) is 4.19. The summed E-state index contributed by atoms with van der Waals surface area (Å²) in [6, 6.07) is 3.95. The zero-order chi connectivity index (χ0) is 12.5. The molecule has 1 aliphatic rings. The second-order valence-electron chi connectivity index (χ2n) is 4.53. The normalized spacial score (nSPS) is 17.2. The van der Waals surface area contributed by atoms with E-state index in [1.165, 1.54) is 24.6 Å². The number of hydrogen-bond acceptors (Lipinski definition) is 3. The molecule has 1 saturated carbocycles. The van der Waals surface area contributed by atoms with Crippen LogP contribution in [0.1, 0.15) is 43.6 Å². The van der Waals surface area contributed by atoms with Gasteiger partial charge in [-0.15, -0.1) is 0 Å². The van der Waals surface area contributed by atoms with Crippen molar-refractivity contribution in [3.05, 3.63) is 23.8 Å². The summed E-state index contributed by atoms with van der Waals surface area (Å²) in [5, 5.41) is 9.78. The first-order chi connectivity index (χ1) is 7.98. The van der Waals surface area contributed by atoms with Gasteiger partial charge >= 0.3 is 29.6 Å². The Morgan fingerprint density at radius 1 is 1.11 bits per heavy atom. The first-order valence-electron chi connectivity index (χ1n) is 5.79. The van der Waals surface area contributed by atoms with E-state index in [4.69, 9.17) is 4.55 Å². The molecule has 0 atom stereocenters. The fourth-order valence-corrected chi connectivity index (χ4v) is 2.95. The molecular formula is C12H16NaO4S+. The van der Waals surface area contributed by atoms with Crippen LogP contribution in [0.15, 0.2) is 23.1 Å². The maximum absolute atomic E-state index is 11.1. The fourth-order valence-electron chi connectivity index (χ4n) is 2.43. The molecule has 0 amide bonds. The minimum Gasteiger partial charge on any atom is -0.508 e. The summed E-state index contributed by atoms with van der Waals surface area (Å²) in [5.41, 5.74) is 0.639. The molecule has 6 heteroatoms. The zero-order valence-electron chi connectivity index (χ0n) is 10.5. The summed E-state index contributed by atoms with van der Waals surface area (Å²) < 4.78 is 31.1. The van der Waals surface area contributed by atoms with Gasteiger partial charge in [-0.25, -0.2) is 0 Å². The number of aromatic hydroxyl groups is 1. The molecule has 1 fully saturated rings. The van der Waals surface area contributed by atoms with E-state index in [0.717, 1.165) is 25.7 Å². The molecule has 0 aliphatic heterocycles.